The fraction of sp³-hybridized carbons (Fsp3) is 0.333. The number of carbonyl (C=O) groups excluding carboxylic acids is 1. The van der Waals surface area contributed by atoms with Crippen molar-refractivity contribution in [2.75, 3.05) is 6.54 Å². The van der Waals surface area contributed by atoms with Gasteiger partial charge >= 0.3 is 0 Å². The number of carbonyl (C=O) groups is 1. The maximum Gasteiger partial charge on any atom is 0.256 e. The highest BCUT2D eigenvalue weighted by Gasteiger charge is 2.32. The lowest BCUT2D eigenvalue weighted by molar-refractivity contribution is 0.0679. The van der Waals surface area contributed by atoms with Gasteiger partial charge < -0.3 is 9.88 Å². The molecule has 0 aliphatic carbocycles. The molecular weight excluding hydrogens is 324 g/mol. The summed E-state index contributed by atoms with van der Waals surface area (Å²) in [6.07, 6.45) is 7.26. The van der Waals surface area contributed by atoms with E-state index in [1.165, 1.54) is 5.56 Å². The molecule has 3 heterocycles. The Labute approximate surface area is 153 Å². The van der Waals surface area contributed by atoms with Crippen LogP contribution in [0.5, 0.6) is 0 Å². The minimum absolute atomic E-state index is 0.00332. The summed E-state index contributed by atoms with van der Waals surface area (Å²) in [6, 6.07) is 10.2. The maximum absolute atomic E-state index is 13.3. The first-order valence-electron chi connectivity index (χ1n) is 9.02. The van der Waals surface area contributed by atoms with Crippen molar-refractivity contribution in [1.29, 1.82) is 0 Å². The SMILES string of the molecule is CC1(C)Cc2[nH]ncc2CN(C(=O)c2c[nH]cc2Cc2ccccc2)C1. The first-order chi connectivity index (χ1) is 12.5. The molecule has 1 aliphatic heterocycles. The highest BCUT2D eigenvalue weighted by molar-refractivity contribution is 5.95. The lowest BCUT2D eigenvalue weighted by Crippen LogP contribution is -2.37. The van der Waals surface area contributed by atoms with E-state index in [1.54, 1.807) is 0 Å². The number of aromatic nitrogens is 3. The van der Waals surface area contributed by atoms with Gasteiger partial charge in [-0.25, -0.2) is 0 Å². The Morgan fingerprint density at radius 1 is 1.23 bits per heavy atom. The highest BCUT2D eigenvalue weighted by atomic mass is 16.2. The molecule has 3 aromatic rings. The van der Waals surface area contributed by atoms with E-state index < -0.39 is 0 Å². The van der Waals surface area contributed by atoms with Crippen LogP contribution in [0.25, 0.3) is 0 Å². The maximum atomic E-state index is 13.3. The van der Waals surface area contributed by atoms with E-state index in [0.717, 1.165) is 41.8 Å². The van der Waals surface area contributed by atoms with E-state index in [-0.39, 0.29) is 11.3 Å². The van der Waals surface area contributed by atoms with Crippen molar-refractivity contribution in [3.8, 4) is 0 Å². The second-order valence-electron chi connectivity index (χ2n) is 7.93. The van der Waals surface area contributed by atoms with Gasteiger partial charge in [-0.3, -0.25) is 9.89 Å². The minimum Gasteiger partial charge on any atom is -0.367 e. The zero-order valence-electron chi connectivity index (χ0n) is 15.2. The fourth-order valence-corrected chi connectivity index (χ4v) is 3.81. The van der Waals surface area contributed by atoms with E-state index in [2.05, 4.69) is 41.2 Å². The third-order valence-electron chi connectivity index (χ3n) is 5.03. The summed E-state index contributed by atoms with van der Waals surface area (Å²) < 4.78 is 0. The lowest BCUT2D eigenvalue weighted by atomic mass is 9.87. The number of amides is 1. The molecule has 2 aromatic heterocycles. The Morgan fingerprint density at radius 2 is 2.04 bits per heavy atom. The van der Waals surface area contributed by atoms with Gasteiger partial charge in [0.2, 0.25) is 0 Å². The number of nitrogens with one attached hydrogen (secondary N) is 2. The molecule has 0 spiro atoms. The largest absolute Gasteiger partial charge is 0.367 e. The molecule has 2 N–H and O–H groups in total. The van der Waals surface area contributed by atoms with Crippen molar-refractivity contribution in [2.45, 2.75) is 33.2 Å². The van der Waals surface area contributed by atoms with Crippen LogP contribution in [-0.4, -0.2) is 32.5 Å². The number of nitrogens with zero attached hydrogens (tertiary/aromatic N) is 2. The summed E-state index contributed by atoms with van der Waals surface area (Å²) in [5.41, 5.74) is 5.26. The van der Waals surface area contributed by atoms with Crippen molar-refractivity contribution in [2.24, 2.45) is 5.41 Å². The Balaban J connectivity index is 1.61. The molecule has 0 atom stereocenters. The molecule has 5 heteroatoms. The number of fused-ring (bicyclic) bond motifs is 1. The fourth-order valence-electron chi connectivity index (χ4n) is 3.81. The zero-order valence-corrected chi connectivity index (χ0v) is 15.2. The quantitative estimate of drug-likeness (QED) is 0.760. The summed E-state index contributed by atoms with van der Waals surface area (Å²) in [4.78, 5) is 18.4. The van der Waals surface area contributed by atoms with Gasteiger partial charge in [0.15, 0.2) is 0 Å². The van der Waals surface area contributed by atoms with Gasteiger partial charge in [-0.2, -0.15) is 5.10 Å². The predicted molar refractivity (Wildman–Crippen MR) is 101 cm³/mol. The van der Waals surface area contributed by atoms with Gasteiger partial charge in [0.05, 0.1) is 11.8 Å². The molecule has 134 valence electrons. The average Bonchev–Trinajstić information content (AvgIpc) is 3.21. The van der Waals surface area contributed by atoms with Crippen molar-refractivity contribution in [1.82, 2.24) is 20.1 Å². The van der Waals surface area contributed by atoms with Crippen LogP contribution < -0.4 is 0 Å². The number of aromatic amines is 2. The van der Waals surface area contributed by atoms with Crippen LogP contribution in [0.1, 0.15) is 46.6 Å². The monoisotopic (exact) mass is 348 g/mol. The van der Waals surface area contributed by atoms with Crippen molar-refractivity contribution in [3.05, 3.63) is 76.9 Å². The van der Waals surface area contributed by atoms with Crippen molar-refractivity contribution < 1.29 is 4.79 Å². The molecule has 0 bridgehead atoms. The van der Waals surface area contributed by atoms with Gasteiger partial charge in [-0.05, 0) is 29.4 Å². The van der Waals surface area contributed by atoms with E-state index in [1.807, 2.05) is 41.7 Å². The van der Waals surface area contributed by atoms with Crippen LogP contribution in [-0.2, 0) is 19.4 Å². The van der Waals surface area contributed by atoms with Crippen LogP contribution in [0, 0.1) is 5.41 Å². The average molecular weight is 348 g/mol. The lowest BCUT2D eigenvalue weighted by Gasteiger charge is -2.29. The van der Waals surface area contributed by atoms with Gasteiger partial charge in [-0.15, -0.1) is 0 Å². The number of rotatable bonds is 3. The molecule has 0 saturated carbocycles. The smallest absolute Gasteiger partial charge is 0.256 e. The Kier molecular flexibility index (Phi) is 4.15. The number of hydrogen-bond donors (Lipinski definition) is 2. The van der Waals surface area contributed by atoms with Gasteiger partial charge in [-0.1, -0.05) is 44.2 Å². The predicted octanol–water partition coefficient (Wildman–Crippen LogP) is 3.55. The van der Waals surface area contributed by atoms with Gasteiger partial charge in [0.1, 0.15) is 0 Å². The summed E-state index contributed by atoms with van der Waals surface area (Å²) in [5, 5.41) is 7.27. The number of benzene rings is 1. The molecule has 26 heavy (non-hydrogen) atoms. The summed E-state index contributed by atoms with van der Waals surface area (Å²) >= 11 is 0. The van der Waals surface area contributed by atoms with Gasteiger partial charge in [0, 0.05) is 36.7 Å². The molecule has 1 aromatic carbocycles. The standard InChI is InChI=1S/C21H24N4O/c1-21(2)9-19-17(11-23-24-19)13-25(14-21)20(26)18-12-22-10-16(18)8-15-6-4-3-5-7-15/h3-7,10-12,22H,8-9,13-14H2,1-2H3,(H,23,24). The van der Waals surface area contributed by atoms with Gasteiger partial charge in [0.25, 0.3) is 5.91 Å². The minimum atomic E-state index is 0.00332. The summed E-state index contributed by atoms with van der Waals surface area (Å²) in [7, 11) is 0. The first-order valence-corrected chi connectivity index (χ1v) is 9.02. The Bertz CT molecular complexity index is 907. The number of H-pyrrole nitrogens is 2. The van der Waals surface area contributed by atoms with E-state index in [9.17, 15) is 4.79 Å². The third kappa shape index (κ3) is 3.29. The molecule has 5 nitrogen and oxygen atoms in total. The number of hydrogen-bond acceptors (Lipinski definition) is 2. The summed E-state index contributed by atoms with van der Waals surface area (Å²) in [5.74, 6) is 0.0827. The van der Waals surface area contributed by atoms with Crippen molar-refractivity contribution in [3.63, 3.8) is 0 Å². The van der Waals surface area contributed by atoms with E-state index in [0.29, 0.717) is 6.54 Å². The summed E-state index contributed by atoms with van der Waals surface area (Å²) in [6.45, 7) is 5.73. The Hall–Kier alpha value is -2.82. The molecule has 0 fully saturated rings. The molecule has 4 rings (SSSR count). The van der Waals surface area contributed by atoms with Crippen LogP contribution in [0.3, 0.4) is 0 Å². The van der Waals surface area contributed by atoms with E-state index in [4.69, 9.17) is 0 Å². The molecule has 1 aliphatic rings. The first kappa shape index (κ1) is 16.6. The second-order valence-corrected chi connectivity index (χ2v) is 7.93. The van der Waals surface area contributed by atoms with Crippen LogP contribution in [0.2, 0.25) is 0 Å². The molecule has 0 radical (unpaired) electrons. The van der Waals surface area contributed by atoms with Crippen LogP contribution in [0.15, 0.2) is 48.9 Å². The topological polar surface area (TPSA) is 64.8 Å². The third-order valence-corrected chi connectivity index (χ3v) is 5.03. The molecule has 0 unspecified atom stereocenters. The highest BCUT2D eigenvalue weighted by Crippen LogP contribution is 2.30. The van der Waals surface area contributed by atoms with Crippen molar-refractivity contribution >= 4 is 5.91 Å². The zero-order chi connectivity index (χ0) is 18.1. The van der Waals surface area contributed by atoms with E-state index >= 15 is 0 Å². The molecule has 0 saturated heterocycles. The van der Waals surface area contributed by atoms with Crippen LogP contribution >= 0.6 is 0 Å². The van der Waals surface area contributed by atoms with Crippen LogP contribution in [0.4, 0.5) is 0 Å². The molecule has 1 amide bonds. The second kappa shape index (κ2) is 6.48. The Morgan fingerprint density at radius 3 is 2.85 bits per heavy atom. The molecular formula is C21H24N4O. The normalized spacial score (nSPS) is 16.2.